The van der Waals surface area contributed by atoms with E-state index in [0.29, 0.717) is 17.0 Å². The molecule has 0 aliphatic heterocycles. The van der Waals surface area contributed by atoms with E-state index in [1.165, 1.54) is 0 Å². The lowest BCUT2D eigenvalue weighted by Crippen LogP contribution is -2.00. The molecule has 2 N–H and O–H groups in total. The third-order valence-corrected chi connectivity index (χ3v) is 3.56. The summed E-state index contributed by atoms with van der Waals surface area (Å²) in [6.45, 7) is 0. The zero-order valence-corrected chi connectivity index (χ0v) is 12.7. The van der Waals surface area contributed by atoms with Gasteiger partial charge in [0.25, 0.3) is 0 Å². The van der Waals surface area contributed by atoms with E-state index in [0.717, 1.165) is 11.3 Å². The molecular formula is C15H9N5O2S. The number of allylic oxidation sites excluding steroid dienone is 2. The third-order valence-electron chi connectivity index (χ3n) is 2.79. The van der Waals surface area contributed by atoms with Crippen LogP contribution in [0.5, 0.6) is 10.8 Å². The summed E-state index contributed by atoms with van der Waals surface area (Å²) >= 11 is 0.899. The fourth-order valence-corrected chi connectivity index (χ4v) is 2.43. The number of aromatic hydroxyl groups is 1. The highest BCUT2D eigenvalue weighted by molar-refractivity contribution is 7.17. The predicted octanol–water partition coefficient (Wildman–Crippen LogP) is 2.76. The number of ether oxygens (including phenoxy) is 1. The lowest BCUT2D eigenvalue weighted by Gasteiger charge is -2.01. The molecule has 0 saturated heterocycles. The molecule has 0 bridgehead atoms. The smallest absolute Gasteiger partial charge is 0.201 e. The van der Waals surface area contributed by atoms with Crippen LogP contribution in [0.2, 0.25) is 0 Å². The first-order valence-corrected chi connectivity index (χ1v) is 7.00. The molecule has 2 rings (SSSR count). The minimum atomic E-state index is -0.354. The summed E-state index contributed by atoms with van der Waals surface area (Å²) in [4.78, 5) is 4.19. The summed E-state index contributed by atoms with van der Waals surface area (Å²) in [5, 5.41) is 39.3. The van der Waals surface area contributed by atoms with Crippen molar-refractivity contribution in [2.24, 2.45) is 0 Å². The lowest BCUT2D eigenvalue weighted by molar-refractivity contribution is 0.415. The van der Waals surface area contributed by atoms with Crippen molar-refractivity contribution in [1.82, 2.24) is 4.98 Å². The van der Waals surface area contributed by atoms with Crippen molar-refractivity contribution in [2.45, 2.75) is 0 Å². The van der Waals surface area contributed by atoms with Crippen LogP contribution >= 0.6 is 11.3 Å². The quantitative estimate of drug-likeness (QED) is 0.828. The number of benzene rings is 1. The number of methoxy groups -OCH3 is 1. The monoisotopic (exact) mass is 323 g/mol. The largest absolute Gasteiger partial charge is 0.498 e. The van der Waals surface area contributed by atoms with Crippen molar-refractivity contribution in [1.29, 1.82) is 15.8 Å². The SMILES string of the molecule is COc1ccc(-c2nc(NC(C#N)=C(C#N)C#N)sc2O)cc1. The molecule has 0 saturated carbocycles. The van der Waals surface area contributed by atoms with E-state index < -0.39 is 0 Å². The molecule has 0 unspecified atom stereocenters. The third kappa shape index (κ3) is 3.38. The van der Waals surface area contributed by atoms with Crippen LogP contribution in [0.25, 0.3) is 11.3 Å². The Balaban J connectivity index is 2.35. The highest BCUT2D eigenvalue weighted by Gasteiger charge is 2.15. The van der Waals surface area contributed by atoms with Gasteiger partial charge in [0.1, 0.15) is 35.3 Å². The first-order chi connectivity index (χ1) is 11.1. The van der Waals surface area contributed by atoms with Crippen LogP contribution in [-0.4, -0.2) is 17.2 Å². The number of aromatic nitrogens is 1. The molecule has 23 heavy (non-hydrogen) atoms. The van der Waals surface area contributed by atoms with Crippen molar-refractivity contribution in [3.8, 4) is 40.3 Å². The highest BCUT2D eigenvalue weighted by atomic mass is 32.1. The second-order valence-corrected chi connectivity index (χ2v) is 5.09. The van der Waals surface area contributed by atoms with Gasteiger partial charge in [0, 0.05) is 5.56 Å². The zero-order chi connectivity index (χ0) is 16.8. The molecule has 2 aromatic rings. The van der Waals surface area contributed by atoms with Gasteiger partial charge in [-0.1, -0.05) is 11.3 Å². The Labute approximate surface area is 135 Å². The number of anilines is 1. The molecule has 0 aliphatic carbocycles. The minimum absolute atomic E-state index is 0.0505. The Kier molecular flexibility index (Phi) is 4.79. The molecule has 0 fully saturated rings. The number of thiazole rings is 1. The van der Waals surface area contributed by atoms with E-state index in [4.69, 9.17) is 20.5 Å². The molecule has 0 amide bonds. The van der Waals surface area contributed by atoms with Gasteiger partial charge in [0.15, 0.2) is 10.7 Å². The number of rotatable bonds is 4. The van der Waals surface area contributed by atoms with Gasteiger partial charge in [-0.05, 0) is 24.3 Å². The number of hydrogen-bond acceptors (Lipinski definition) is 8. The molecule has 8 heteroatoms. The molecule has 112 valence electrons. The maximum absolute atomic E-state index is 10.0. The Hall–Kier alpha value is -3.54. The first-order valence-electron chi connectivity index (χ1n) is 6.18. The average molecular weight is 323 g/mol. The minimum Gasteiger partial charge on any atom is -0.498 e. The van der Waals surface area contributed by atoms with Gasteiger partial charge in [-0.3, -0.25) is 0 Å². The second kappa shape index (κ2) is 6.95. The van der Waals surface area contributed by atoms with Gasteiger partial charge in [-0.2, -0.15) is 15.8 Å². The molecule has 0 aliphatic rings. The first kappa shape index (κ1) is 15.8. The Morgan fingerprint density at radius 2 is 1.83 bits per heavy atom. The summed E-state index contributed by atoms with van der Waals surface area (Å²) < 4.78 is 5.06. The normalized spacial score (nSPS) is 9.13. The summed E-state index contributed by atoms with van der Waals surface area (Å²) in [7, 11) is 1.55. The summed E-state index contributed by atoms with van der Waals surface area (Å²) in [6, 6.07) is 11.9. The lowest BCUT2D eigenvalue weighted by atomic mass is 10.1. The molecule has 0 radical (unpaired) electrons. The van der Waals surface area contributed by atoms with E-state index >= 15 is 0 Å². The predicted molar refractivity (Wildman–Crippen MR) is 83.3 cm³/mol. The van der Waals surface area contributed by atoms with Crippen LogP contribution in [0.4, 0.5) is 5.13 Å². The fraction of sp³-hybridized carbons (Fsp3) is 0.0667. The maximum atomic E-state index is 10.0. The van der Waals surface area contributed by atoms with Crippen LogP contribution in [0.1, 0.15) is 0 Å². The number of nitrogens with one attached hydrogen (secondary N) is 1. The number of nitriles is 3. The van der Waals surface area contributed by atoms with Gasteiger partial charge in [-0.15, -0.1) is 0 Å². The maximum Gasteiger partial charge on any atom is 0.201 e. The van der Waals surface area contributed by atoms with E-state index in [1.54, 1.807) is 49.6 Å². The number of nitrogens with zero attached hydrogens (tertiary/aromatic N) is 4. The Bertz CT molecular complexity index is 863. The fourth-order valence-electron chi connectivity index (χ4n) is 1.69. The van der Waals surface area contributed by atoms with Gasteiger partial charge >= 0.3 is 0 Å². The van der Waals surface area contributed by atoms with E-state index in [1.807, 2.05) is 0 Å². The standard InChI is InChI=1S/C15H9N5O2S/c1-22-11-4-2-9(3-5-11)13-14(21)23-15(20-13)19-12(8-18)10(6-16)7-17/h2-5,21H,1H3,(H,19,20). The van der Waals surface area contributed by atoms with Crippen LogP contribution < -0.4 is 10.1 Å². The van der Waals surface area contributed by atoms with Gasteiger partial charge in [0.2, 0.25) is 5.06 Å². The molecule has 0 atom stereocenters. The topological polar surface area (TPSA) is 126 Å². The summed E-state index contributed by atoms with van der Waals surface area (Å²) in [6.07, 6.45) is 0. The Morgan fingerprint density at radius 1 is 1.17 bits per heavy atom. The second-order valence-electron chi connectivity index (χ2n) is 4.11. The van der Waals surface area contributed by atoms with Gasteiger partial charge in [0.05, 0.1) is 7.11 Å². The van der Waals surface area contributed by atoms with Crippen molar-refractivity contribution >= 4 is 16.5 Å². The van der Waals surface area contributed by atoms with Crippen LogP contribution in [0.3, 0.4) is 0 Å². The molecular weight excluding hydrogens is 314 g/mol. The molecule has 0 spiro atoms. The molecule has 1 aromatic heterocycles. The van der Waals surface area contributed by atoms with Crippen molar-refractivity contribution in [3.63, 3.8) is 0 Å². The molecule has 7 nitrogen and oxygen atoms in total. The van der Waals surface area contributed by atoms with Gasteiger partial charge in [-0.25, -0.2) is 4.98 Å². The number of hydrogen-bond donors (Lipinski definition) is 2. The Morgan fingerprint density at radius 3 is 2.35 bits per heavy atom. The average Bonchev–Trinajstić information content (AvgIpc) is 2.95. The van der Waals surface area contributed by atoms with Crippen molar-refractivity contribution in [3.05, 3.63) is 35.5 Å². The van der Waals surface area contributed by atoms with Crippen molar-refractivity contribution in [2.75, 3.05) is 12.4 Å². The van der Waals surface area contributed by atoms with Gasteiger partial charge < -0.3 is 15.2 Å². The zero-order valence-electron chi connectivity index (χ0n) is 11.9. The molecule has 1 heterocycles. The van der Waals surface area contributed by atoms with Crippen LogP contribution in [-0.2, 0) is 0 Å². The highest BCUT2D eigenvalue weighted by Crippen LogP contribution is 2.37. The van der Waals surface area contributed by atoms with Crippen molar-refractivity contribution < 1.29 is 9.84 Å². The van der Waals surface area contributed by atoms with E-state index in [-0.39, 0.29) is 21.5 Å². The molecule has 1 aromatic carbocycles. The summed E-state index contributed by atoms with van der Waals surface area (Å²) in [5.41, 5.74) is 0.419. The van der Waals surface area contributed by atoms with Crippen LogP contribution in [0, 0.1) is 34.0 Å². The summed E-state index contributed by atoms with van der Waals surface area (Å²) in [5.74, 6) is 0.671. The van der Waals surface area contributed by atoms with Crippen LogP contribution in [0.15, 0.2) is 35.5 Å². The van der Waals surface area contributed by atoms with E-state index in [2.05, 4.69) is 10.3 Å². The van der Waals surface area contributed by atoms with E-state index in [9.17, 15) is 5.11 Å².